The molecule has 0 fully saturated rings. The summed E-state index contributed by atoms with van der Waals surface area (Å²) in [4.78, 5) is 17.8. The molecular weight excluding hydrogens is 484 g/mol. The summed E-state index contributed by atoms with van der Waals surface area (Å²) >= 11 is 7.80. The number of hydrogen-bond donors (Lipinski definition) is 1. The van der Waals surface area contributed by atoms with E-state index in [-0.39, 0.29) is 12.1 Å². The number of benzene rings is 2. The van der Waals surface area contributed by atoms with Crippen LogP contribution in [-0.4, -0.2) is 33.4 Å². The van der Waals surface area contributed by atoms with Gasteiger partial charge in [-0.3, -0.25) is 0 Å². The first-order valence-corrected chi connectivity index (χ1v) is 13.0. The van der Waals surface area contributed by atoms with E-state index in [9.17, 15) is 4.79 Å². The first kappa shape index (κ1) is 25.1. The maximum atomic E-state index is 13.1. The Kier molecular flexibility index (Phi) is 8.03. The van der Waals surface area contributed by atoms with E-state index in [4.69, 9.17) is 26.2 Å². The highest BCUT2D eigenvalue weighted by Gasteiger charge is 2.35. The van der Waals surface area contributed by atoms with E-state index in [2.05, 4.69) is 17.2 Å². The van der Waals surface area contributed by atoms with Crippen LogP contribution in [0.5, 0.6) is 5.75 Å². The van der Waals surface area contributed by atoms with Crippen LogP contribution >= 0.6 is 23.4 Å². The summed E-state index contributed by atoms with van der Waals surface area (Å²) in [5.74, 6) is 1.60. The molecule has 2 aromatic carbocycles. The summed E-state index contributed by atoms with van der Waals surface area (Å²) in [6.45, 7) is 8.25. The zero-order chi connectivity index (χ0) is 24.9. The predicted octanol–water partition coefficient (Wildman–Crippen LogP) is 6.25. The monoisotopic (exact) mass is 512 g/mol. The van der Waals surface area contributed by atoms with Gasteiger partial charge in [-0.05, 0) is 56.5 Å². The van der Waals surface area contributed by atoms with Crippen molar-refractivity contribution in [1.82, 2.24) is 14.8 Å². The lowest BCUT2D eigenvalue weighted by Gasteiger charge is -2.28. The Morgan fingerprint density at radius 2 is 1.94 bits per heavy atom. The molecule has 1 atom stereocenters. The van der Waals surface area contributed by atoms with E-state index in [0.717, 1.165) is 23.3 Å². The molecule has 0 bridgehead atoms. The summed E-state index contributed by atoms with van der Waals surface area (Å²) in [5, 5.41) is 9.30. The van der Waals surface area contributed by atoms with Gasteiger partial charge in [0.1, 0.15) is 11.8 Å². The number of allylic oxidation sites excluding steroid dienone is 1. The van der Waals surface area contributed by atoms with Crippen molar-refractivity contribution >= 4 is 35.3 Å². The topological polar surface area (TPSA) is 78.3 Å². The van der Waals surface area contributed by atoms with Crippen molar-refractivity contribution in [2.75, 3.05) is 11.9 Å². The van der Waals surface area contributed by atoms with E-state index in [1.165, 1.54) is 11.8 Å². The minimum absolute atomic E-state index is 0.243. The standard InChI is InChI=1S/C26H29ClN4O3S/c1-5-14-33-20-12-10-18(11-13-20)23-22(24(32)34-16(2)3)17(4)28-25-29-26(30-31(23)25)35-15-19-8-6-7-9-21(19)27/h6-13,16,23H,5,14-15H2,1-4H3,(H,28,29,30). The molecule has 1 aliphatic rings. The second-order valence-electron chi connectivity index (χ2n) is 8.48. The summed E-state index contributed by atoms with van der Waals surface area (Å²) in [7, 11) is 0. The molecule has 0 spiro atoms. The van der Waals surface area contributed by atoms with Crippen molar-refractivity contribution in [1.29, 1.82) is 0 Å². The summed E-state index contributed by atoms with van der Waals surface area (Å²) in [5.41, 5.74) is 3.09. The summed E-state index contributed by atoms with van der Waals surface area (Å²) in [6, 6.07) is 15.0. The normalized spacial score (nSPS) is 15.1. The number of halogens is 1. The lowest BCUT2D eigenvalue weighted by Crippen LogP contribution is -2.30. The third-order valence-corrected chi connectivity index (χ3v) is 6.63. The van der Waals surface area contributed by atoms with Gasteiger partial charge in [0.2, 0.25) is 11.1 Å². The van der Waals surface area contributed by atoms with Crippen LogP contribution in [0.1, 0.15) is 51.3 Å². The van der Waals surface area contributed by atoms with Gasteiger partial charge in [0, 0.05) is 16.5 Å². The van der Waals surface area contributed by atoms with Crippen LogP contribution in [0, 0.1) is 0 Å². The number of fused-ring (bicyclic) bond motifs is 1. The Morgan fingerprint density at radius 3 is 2.63 bits per heavy atom. The Balaban J connectivity index is 1.67. The number of aromatic nitrogens is 3. The SMILES string of the molecule is CCCOc1ccc(C2C(C(=O)OC(C)C)=C(C)Nc3nc(SCc4ccccc4Cl)nn32)cc1. The number of ether oxygens (including phenoxy) is 2. The Hall–Kier alpha value is -2.97. The van der Waals surface area contributed by atoms with E-state index < -0.39 is 6.04 Å². The molecule has 1 unspecified atom stereocenters. The van der Waals surface area contributed by atoms with Gasteiger partial charge < -0.3 is 14.8 Å². The summed E-state index contributed by atoms with van der Waals surface area (Å²) in [6.07, 6.45) is 0.687. The van der Waals surface area contributed by atoms with Gasteiger partial charge in [-0.2, -0.15) is 4.98 Å². The summed E-state index contributed by atoms with van der Waals surface area (Å²) < 4.78 is 13.1. The van der Waals surface area contributed by atoms with Gasteiger partial charge >= 0.3 is 5.97 Å². The number of carbonyl (C=O) groups excluding carboxylic acids is 1. The van der Waals surface area contributed by atoms with E-state index in [1.807, 2.05) is 69.3 Å². The van der Waals surface area contributed by atoms with Gasteiger partial charge in [-0.15, -0.1) is 5.10 Å². The molecule has 4 rings (SSSR count). The molecule has 184 valence electrons. The molecule has 7 nitrogen and oxygen atoms in total. The zero-order valence-corrected chi connectivity index (χ0v) is 21.8. The molecule has 0 aliphatic carbocycles. The lowest BCUT2D eigenvalue weighted by atomic mass is 9.95. The van der Waals surface area contributed by atoms with Crippen molar-refractivity contribution in [2.45, 2.75) is 57.2 Å². The number of esters is 1. The van der Waals surface area contributed by atoms with Crippen LogP contribution in [0.25, 0.3) is 0 Å². The maximum Gasteiger partial charge on any atom is 0.338 e. The Morgan fingerprint density at radius 1 is 1.20 bits per heavy atom. The lowest BCUT2D eigenvalue weighted by molar-refractivity contribution is -0.143. The fourth-order valence-electron chi connectivity index (χ4n) is 3.77. The molecule has 1 N–H and O–H groups in total. The molecule has 1 aromatic heterocycles. The maximum absolute atomic E-state index is 13.1. The molecule has 3 aromatic rings. The van der Waals surface area contributed by atoms with Gasteiger partial charge in [0.05, 0.1) is 18.3 Å². The van der Waals surface area contributed by atoms with Crippen molar-refractivity contribution in [3.8, 4) is 5.75 Å². The zero-order valence-electron chi connectivity index (χ0n) is 20.2. The van der Waals surface area contributed by atoms with E-state index >= 15 is 0 Å². The predicted molar refractivity (Wildman–Crippen MR) is 139 cm³/mol. The highest BCUT2D eigenvalue weighted by atomic mass is 35.5. The van der Waals surface area contributed by atoms with Gasteiger partial charge in [0.25, 0.3) is 0 Å². The quantitative estimate of drug-likeness (QED) is 0.268. The Labute approximate surface area is 214 Å². The fraction of sp³-hybridized carbons (Fsp3) is 0.346. The smallest absolute Gasteiger partial charge is 0.338 e. The number of rotatable bonds is 9. The average molecular weight is 513 g/mol. The first-order chi connectivity index (χ1) is 16.9. The number of nitrogens with zero attached hydrogens (tertiary/aromatic N) is 3. The number of thioether (sulfide) groups is 1. The number of carbonyl (C=O) groups is 1. The van der Waals surface area contributed by atoms with Crippen LogP contribution < -0.4 is 10.1 Å². The van der Waals surface area contributed by atoms with Crippen molar-refractivity contribution < 1.29 is 14.3 Å². The highest BCUT2D eigenvalue weighted by Crippen LogP contribution is 2.38. The molecule has 9 heteroatoms. The molecule has 0 radical (unpaired) electrons. The first-order valence-electron chi connectivity index (χ1n) is 11.6. The Bertz CT molecular complexity index is 1220. The molecule has 1 aliphatic heterocycles. The second kappa shape index (κ2) is 11.2. The van der Waals surface area contributed by atoms with Gasteiger partial charge in [0.15, 0.2) is 0 Å². The molecule has 0 saturated heterocycles. The van der Waals surface area contributed by atoms with Crippen LogP contribution in [0.4, 0.5) is 5.95 Å². The molecule has 0 saturated carbocycles. The van der Waals surface area contributed by atoms with Crippen molar-refractivity contribution in [3.63, 3.8) is 0 Å². The minimum atomic E-state index is -0.486. The number of hydrogen-bond acceptors (Lipinski definition) is 7. The van der Waals surface area contributed by atoms with E-state index in [1.54, 1.807) is 4.68 Å². The van der Waals surface area contributed by atoms with Gasteiger partial charge in [-0.1, -0.05) is 60.6 Å². The van der Waals surface area contributed by atoms with Crippen LogP contribution in [-0.2, 0) is 15.3 Å². The third kappa shape index (κ3) is 5.82. The largest absolute Gasteiger partial charge is 0.494 e. The third-order valence-electron chi connectivity index (χ3n) is 5.38. The van der Waals surface area contributed by atoms with Crippen molar-refractivity contribution in [2.24, 2.45) is 0 Å². The number of anilines is 1. The highest BCUT2D eigenvalue weighted by molar-refractivity contribution is 7.98. The van der Waals surface area contributed by atoms with Gasteiger partial charge in [-0.25, -0.2) is 9.48 Å². The molecule has 35 heavy (non-hydrogen) atoms. The van der Waals surface area contributed by atoms with Crippen LogP contribution in [0.15, 0.2) is 65.0 Å². The minimum Gasteiger partial charge on any atom is -0.494 e. The van der Waals surface area contributed by atoms with Crippen molar-refractivity contribution in [3.05, 3.63) is 76.0 Å². The van der Waals surface area contributed by atoms with Crippen LogP contribution in [0.3, 0.4) is 0 Å². The molecular formula is C26H29ClN4O3S. The molecule has 2 heterocycles. The fourth-order valence-corrected chi connectivity index (χ4v) is 4.88. The average Bonchev–Trinajstić information content (AvgIpc) is 3.23. The van der Waals surface area contributed by atoms with E-state index in [0.29, 0.717) is 39.8 Å². The molecule has 0 amide bonds. The second-order valence-corrected chi connectivity index (χ2v) is 9.83. The number of nitrogens with one attached hydrogen (secondary N) is 1. The van der Waals surface area contributed by atoms with Crippen LogP contribution in [0.2, 0.25) is 5.02 Å².